The van der Waals surface area contributed by atoms with Gasteiger partial charge in [0.05, 0.1) is 12.6 Å². The number of aromatic nitrogens is 2. The lowest BCUT2D eigenvalue weighted by Crippen LogP contribution is -1.98. The number of hydrogen-bond acceptors (Lipinski definition) is 5. The van der Waals surface area contributed by atoms with Gasteiger partial charge in [-0.2, -0.15) is 0 Å². The lowest BCUT2D eigenvalue weighted by Gasteiger charge is -2.08. The maximum atomic E-state index is 5.34. The molecule has 2 aromatic heterocycles. The van der Waals surface area contributed by atoms with Crippen molar-refractivity contribution in [2.24, 2.45) is 0 Å². The van der Waals surface area contributed by atoms with Gasteiger partial charge in [-0.25, -0.2) is 9.97 Å². The zero-order valence-corrected chi connectivity index (χ0v) is 11.5. The summed E-state index contributed by atoms with van der Waals surface area (Å²) < 4.78 is 5.34. The number of benzene rings is 1. The van der Waals surface area contributed by atoms with Gasteiger partial charge in [-0.3, -0.25) is 0 Å². The standard InChI is InChI=1S/C14H13N3OS/c1-15-13-9-5-3-4-6-10(9)16-14(17-13)12-11(18-2)7-8-19-12/h3-8H,1-2H3,(H,15,16,17). The van der Waals surface area contributed by atoms with Gasteiger partial charge in [0.2, 0.25) is 0 Å². The maximum absolute atomic E-state index is 5.34. The minimum absolute atomic E-state index is 0.690. The molecule has 0 spiro atoms. The number of nitrogens with one attached hydrogen (secondary N) is 1. The van der Waals surface area contributed by atoms with E-state index in [1.807, 2.05) is 42.8 Å². The van der Waals surface area contributed by atoms with E-state index in [4.69, 9.17) is 4.74 Å². The number of rotatable bonds is 3. The van der Waals surface area contributed by atoms with Crippen LogP contribution in [0.3, 0.4) is 0 Å². The van der Waals surface area contributed by atoms with E-state index in [2.05, 4.69) is 15.3 Å². The van der Waals surface area contributed by atoms with Gasteiger partial charge in [0, 0.05) is 12.4 Å². The second kappa shape index (κ2) is 4.85. The van der Waals surface area contributed by atoms with Gasteiger partial charge in [0.15, 0.2) is 5.82 Å². The number of anilines is 1. The zero-order chi connectivity index (χ0) is 13.2. The largest absolute Gasteiger partial charge is 0.495 e. The number of nitrogens with zero attached hydrogens (tertiary/aromatic N) is 2. The fourth-order valence-corrected chi connectivity index (χ4v) is 2.78. The monoisotopic (exact) mass is 271 g/mol. The normalized spacial score (nSPS) is 10.6. The van der Waals surface area contributed by atoms with E-state index in [0.29, 0.717) is 5.82 Å². The molecule has 0 saturated carbocycles. The van der Waals surface area contributed by atoms with Crippen molar-refractivity contribution in [3.63, 3.8) is 0 Å². The minimum Gasteiger partial charge on any atom is -0.495 e. The van der Waals surface area contributed by atoms with Crippen LogP contribution in [0.25, 0.3) is 21.6 Å². The van der Waals surface area contributed by atoms with Gasteiger partial charge < -0.3 is 10.1 Å². The maximum Gasteiger partial charge on any atom is 0.176 e. The van der Waals surface area contributed by atoms with Crippen molar-refractivity contribution >= 4 is 28.1 Å². The van der Waals surface area contributed by atoms with Crippen molar-refractivity contribution < 1.29 is 4.74 Å². The van der Waals surface area contributed by atoms with Crippen LogP contribution in [0.15, 0.2) is 35.7 Å². The molecule has 0 atom stereocenters. The molecule has 0 radical (unpaired) electrons. The quantitative estimate of drug-likeness (QED) is 0.793. The Morgan fingerprint density at radius 1 is 1.16 bits per heavy atom. The lowest BCUT2D eigenvalue weighted by molar-refractivity contribution is 0.418. The Kier molecular flexibility index (Phi) is 3.05. The molecular formula is C14H13N3OS. The van der Waals surface area contributed by atoms with Gasteiger partial charge in [0.25, 0.3) is 0 Å². The highest BCUT2D eigenvalue weighted by Gasteiger charge is 2.13. The van der Waals surface area contributed by atoms with Crippen LogP contribution < -0.4 is 10.1 Å². The highest BCUT2D eigenvalue weighted by Crippen LogP contribution is 2.35. The molecule has 0 bridgehead atoms. The third kappa shape index (κ3) is 2.02. The van der Waals surface area contributed by atoms with Gasteiger partial charge >= 0.3 is 0 Å². The van der Waals surface area contributed by atoms with E-state index in [-0.39, 0.29) is 0 Å². The number of thiophene rings is 1. The first kappa shape index (κ1) is 11.9. The summed E-state index contributed by atoms with van der Waals surface area (Å²) in [6, 6.07) is 9.89. The third-order valence-corrected chi connectivity index (χ3v) is 3.78. The molecule has 3 aromatic rings. The Balaban J connectivity index is 2.25. The summed E-state index contributed by atoms with van der Waals surface area (Å²) in [5, 5.41) is 6.12. The summed E-state index contributed by atoms with van der Waals surface area (Å²) in [5.41, 5.74) is 0.923. The summed E-state index contributed by atoms with van der Waals surface area (Å²) in [5.74, 6) is 2.33. The lowest BCUT2D eigenvalue weighted by atomic mass is 10.2. The number of ether oxygens (including phenoxy) is 1. The number of methoxy groups -OCH3 is 1. The summed E-state index contributed by atoms with van der Waals surface area (Å²) in [4.78, 5) is 10.1. The Morgan fingerprint density at radius 2 is 2.00 bits per heavy atom. The van der Waals surface area contributed by atoms with Crippen LogP contribution in [0, 0.1) is 0 Å². The van der Waals surface area contributed by atoms with Crippen LogP contribution >= 0.6 is 11.3 Å². The van der Waals surface area contributed by atoms with E-state index in [1.54, 1.807) is 18.4 Å². The number of hydrogen-bond donors (Lipinski definition) is 1. The number of para-hydroxylation sites is 1. The topological polar surface area (TPSA) is 47.0 Å². The minimum atomic E-state index is 0.690. The van der Waals surface area contributed by atoms with Crippen molar-refractivity contribution in [3.8, 4) is 16.5 Å². The van der Waals surface area contributed by atoms with Crippen LogP contribution in [0.1, 0.15) is 0 Å². The molecule has 0 saturated heterocycles. The van der Waals surface area contributed by atoms with E-state index >= 15 is 0 Å². The molecule has 1 N–H and O–H groups in total. The Hall–Kier alpha value is -2.14. The second-order valence-electron chi connectivity index (χ2n) is 3.98. The molecular weight excluding hydrogens is 258 g/mol. The van der Waals surface area contributed by atoms with Gasteiger partial charge in [-0.1, -0.05) is 12.1 Å². The smallest absolute Gasteiger partial charge is 0.176 e. The zero-order valence-electron chi connectivity index (χ0n) is 10.7. The first-order chi connectivity index (χ1) is 9.33. The summed E-state index contributed by atoms with van der Waals surface area (Å²) in [6.45, 7) is 0. The number of fused-ring (bicyclic) bond motifs is 1. The molecule has 19 heavy (non-hydrogen) atoms. The van der Waals surface area contributed by atoms with Crippen molar-refractivity contribution in [3.05, 3.63) is 35.7 Å². The molecule has 0 aliphatic rings. The fraction of sp³-hybridized carbons (Fsp3) is 0.143. The highest BCUT2D eigenvalue weighted by atomic mass is 32.1. The van der Waals surface area contributed by atoms with E-state index < -0.39 is 0 Å². The molecule has 4 nitrogen and oxygen atoms in total. The Morgan fingerprint density at radius 3 is 2.79 bits per heavy atom. The average Bonchev–Trinajstić information content (AvgIpc) is 2.94. The molecule has 2 heterocycles. The van der Waals surface area contributed by atoms with Crippen LogP contribution in [-0.2, 0) is 0 Å². The summed E-state index contributed by atoms with van der Waals surface area (Å²) in [7, 11) is 3.52. The molecule has 0 aliphatic carbocycles. The first-order valence-corrected chi connectivity index (χ1v) is 6.78. The highest BCUT2D eigenvalue weighted by molar-refractivity contribution is 7.13. The molecule has 0 aliphatic heterocycles. The SMILES string of the molecule is CNc1nc(-c2sccc2OC)nc2ccccc12. The molecule has 0 unspecified atom stereocenters. The van der Waals surface area contributed by atoms with Crippen LogP contribution in [-0.4, -0.2) is 24.1 Å². The Bertz CT molecular complexity index is 724. The van der Waals surface area contributed by atoms with Crippen LogP contribution in [0.5, 0.6) is 5.75 Å². The van der Waals surface area contributed by atoms with Crippen LogP contribution in [0.4, 0.5) is 5.82 Å². The molecule has 1 aromatic carbocycles. The van der Waals surface area contributed by atoms with Crippen molar-refractivity contribution in [1.82, 2.24) is 9.97 Å². The summed E-state index contributed by atoms with van der Waals surface area (Å²) in [6.07, 6.45) is 0. The van der Waals surface area contributed by atoms with Crippen molar-refractivity contribution in [2.45, 2.75) is 0 Å². The molecule has 96 valence electrons. The van der Waals surface area contributed by atoms with Gasteiger partial charge in [-0.05, 0) is 23.6 Å². The molecule has 0 amide bonds. The molecule has 5 heteroatoms. The van der Waals surface area contributed by atoms with Gasteiger partial charge in [-0.15, -0.1) is 11.3 Å². The van der Waals surface area contributed by atoms with E-state index in [1.165, 1.54) is 0 Å². The Labute approximate surface area is 115 Å². The average molecular weight is 271 g/mol. The third-order valence-electron chi connectivity index (χ3n) is 2.89. The van der Waals surface area contributed by atoms with Crippen molar-refractivity contribution in [1.29, 1.82) is 0 Å². The predicted octanol–water partition coefficient (Wildman–Crippen LogP) is 3.41. The fourth-order valence-electron chi connectivity index (χ4n) is 1.99. The van der Waals surface area contributed by atoms with Crippen molar-refractivity contribution in [2.75, 3.05) is 19.5 Å². The predicted molar refractivity (Wildman–Crippen MR) is 78.9 cm³/mol. The van der Waals surface area contributed by atoms with E-state index in [9.17, 15) is 0 Å². The van der Waals surface area contributed by atoms with Gasteiger partial charge in [0.1, 0.15) is 16.4 Å². The first-order valence-electron chi connectivity index (χ1n) is 5.90. The van der Waals surface area contributed by atoms with E-state index in [0.717, 1.165) is 27.3 Å². The molecule has 0 fully saturated rings. The second-order valence-corrected chi connectivity index (χ2v) is 4.90. The molecule has 3 rings (SSSR count). The summed E-state index contributed by atoms with van der Waals surface area (Å²) >= 11 is 1.58. The van der Waals surface area contributed by atoms with Crippen LogP contribution in [0.2, 0.25) is 0 Å².